The summed E-state index contributed by atoms with van der Waals surface area (Å²) in [6, 6.07) is 4.46. The summed E-state index contributed by atoms with van der Waals surface area (Å²) in [6.07, 6.45) is 1.60. The number of carbonyl (C=O) groups excluding carboxylic acids is 1. The molecule has 19 heavy (non-hydrogen) atoms. The van der Waals surface area contributed by atoms with Gasteiger partial charge in [0.25, 0.3) is 11.6 Å². The molecule has 1 atom stereocenters. The van der Waals surface area contributed by atoms with Crippen molar-refractivity contribution < 1.29 is 9.72 Å². The largest absolute Gasteiger partial charge is 0.352 e. The second-order valence-electron chi connectivity index (χ2n) is 4.44. The summed E-state index contributed by atoms with van der Waals surface area (Å²) < 4.78 is 0. The minimum Gasteiger partial charge on any atom is -0.352 e. The molecule has 0 aliphatic heterocycles. The number of nitrogens with zero attached hydrogens (tertiary/aromatic N) is 1. The van der Waals surface area contributed by atoms with Gasteiger partial charge in [-0.3, -0.25) is 14.9 Å². The fourth-order valence-corrected chi connectivity index (χ4v) is 1.79. The fraction of sp³-hybridized carbons (Fsp3) is 0.462. The van der Waals surface area contributed by atoms with Gasteiger partial charge >= 0.3 is 0 Å². The summed E-state index contributed by atoms with van der Waals surface area (Å²) in [4.78, 5) is 22.1. The Labute approximate surface area is 117 Å². The molecule has 0 aliphatic carbocycles. The lowest BCUT2D eigenvalue weighted by Gasteiger charge is -2.06. The van der Waals surface area contributed by atoms with E-state index in [4.69, 9.17) is 11.6 Å². The van der Waals surface area contributed by atoms with Crippen molar-refractivity contribution in [2.45, 2.75) is 32.1 Å². The smallest absolute Gasteiger partial charge is 0.273 e. The van der Waals surface area contributed by atoms with Gasteiger partial charge in [0.1, 0.15) is 0 Å². The van der Waals surface area contributed by atoms with Gasteiger partial charge < -0.3 is 5.32 Å². The molecular formula is C13H17ClN2O3. The maximum absolute atomic E-state index is 11.8. The Morgan fingerprint density at radius 1 is 1.53 bits per heavy atom. The molecule has 1 aromatic rings. The Morgan fingerprint density at radius 2 is 2.21 bits per heavy atom. The van der Waals surface area contributed by atoms with E-state index in [1.54, 1.807) is 19.1 Å². The van der Waals surface area contributed by atoms with Gasteiger partial charge in [0.05, 0.1) is 4.92 Å². The van der Waals surface area contributed by atoms with Crippen molar-refractivity contribution in [3.8, 4) is 0 Å². The number of nitro benzene ring substituents is 1. The van der Waals surface area contributed by atoms with Crippen LogP contribution in [0.2, 0.25) is 0 Å². The lowest BCUT2D eigenvalue weighted by atomic mass is 10.1. The van der Waals surface area contributed by atoms with Crippen molar-refractivity contribution in [2.75, 3.05) is 6.54 Å². The quantitative estimate of drug-likeness (QED) is 0.378. The SMILES string of the molecule is Cc1ccc(C(=O)NCCCC(C)Cl)cc1[N+](=O)[O-]. The Bertz CT molecular complexity index is 475. The van der Waals surface area contributed by atoms with Crippen LogP contribution in [0.4, 0.5) is 5.69 Å². The Balaban J connectivity index is 2.62. The van der Waals surface area contributed by atoms with Crippen LogP contribution in [0.25, 0.3) is 0 Å². The summed E-state index contributed by atoms with van der Waals surface area (Å²) in [7, 11) is 0. The van der Waals surface area contributed by atoms with E-state index in [9.17, 15) is 14.9 Å². The molecule has 1 unspecified atom stereocenters. The van der Waals surface area contributed by atoms with Crippen LogP contribution in [0.1, 0.15) is 35.7 Å². The number of carbonyl (C=O) groups is 1. The van der Waals surface area contributed by atoms with Gasteiger partial charge in [-0.15, -0.1) is 11.6 Å². The van der Waals surface area contributed by atoms with E-state index in [2.05, 4.69) is 5.32 Å². The van der Waals surface area contributed by atoms with Crippen LogP contribution < -0.4 is 5.32 Å². The van der Waals surface area contributed by atoms with Crippen LogP contribution in [-0.4, -0.2) is 22.8 Å². The average molecular weight is 285 g/mol. The average Bonchev–Trinajstić information content (AvgIpc) is 2.34. The highest BCUT2D eigenvalue weighted by molar-refractivity contribution is 6.20. The lowest BCUT2D eigenvalue weighted by molar-refractivity contribution is -0.385. The Kier molecular flexibility index (Phi) is 5.76. The minimum atomic E-state index is -0.485. The van der Waals surface area contributed by atoms with E-state index < -0.39 is 4.92 Å². The van der Waals surface area contributed by atoms with Crippen LogP contribution in [0.3, 0.4) is 0 Å². The number of hydrogen-bond donors (Lipinski definition) is 1. The summed E-state index contributed by atoms with van der Waals surface area (Å²) >= 11 is 5.80. The van der Waals surface area contributed by atoms with Gasteiger partial charge in [0.15, 0.2) is 0 Å². The van der Waals surface area contributed by atoms with Crippen LogP contribution >= 0.6 is 11.6 Å². The molecule has 0 radical (unpaired) electrons. The van der Waals surface area contributed by atoms with Crippen molar-refractivity contribution in [2.24, 2.45) is 0 Å². The van der Waals surface area contributed by atoms with Crippen LogP contribution in [-0.2, 0) is 0 Å². The van der Waals surface area contributed by atoms with E-state index in [-0.39, 0.29) is 17.0 Å². The zero-order valence-electron chi connectivity index (χ0n) is 11.0. The van der Waals surface area contributed by atoms with Crippen molar-refractivity contribution in [1.29, 1.82) is 0 Å². The third-order valence-corrected chi connectivity index (χ3v) is 2.95. The molecule has 0 bridgehead atoms. The predicted octanol–water partition coefficient (Wildman–Crippen LogP) is 3.04. The zero-order valence-corrected chi connectivity index (χ0v) is 11.7. The topological polar surface area (TPSA) is 72.2 Å². The molecule has 6 heteroatoms. The van der Waals surface area contributed by atoms with Gasteiger partial charge in [-0.1, -0.05) is 6.07 Å². The van der Waals surface area contributed by atoms with Crippen LogP contribution in [0.5, 0.6) is 0 Å². The zero-order chi connectivity index (χ0) is 14.4. The van der Waals surface area contributed by atoms with E-state index in [0.29, 0.717) is 17.7 Å². The number of hydrogen-bond acceptors (Lipinski definition) is 3. The lowest BCUT2D eigenvalue weighted by Crippen LogP contribution is -2.24. The van der Waals surface area contributed by atoms with Gasteiger partial charge in [-0.05, 0) is 32.8 Å². The van der Waals surface area contributed by atoms with Crippen molar-refractivity contribution >= 4 is 23.2 Å². The number of aryl methyl sites for hydroxylation is 1. The summed E-state index contributed by atoms with van der Waals surface area (Å²) in [6.45, 7) is 4.05. The fourth-order valence-electron chi connectivity index (χ4n) is 1.63. The molecule has 1 N–H and O–H groups in total. The molecule has 1 amide bonds. The number of halogens is 1. The monoisotopic (exact) mass is 284 g/mol. The predicted molar refractivity (Wildman–Crippen MR) is 74.7 cm³/mol. The molecule has 1 rings (SSSR count). The Hall–Kier alpha value is -1.62. The summed E-state index contributed by atoms with van der Waals surface area (Å²) in [5.41, 5.74) is 0.802. The molecule has 0 saturated heterocycles. The first-order valence-electron chi connectivity index (χ1n) is 6.09. The summed E-state index contributed by atoms with van der Waals surface area (Å²) in [5.74, 6) is -0.301. The first-order chi connectivity index (χ1) is 8.91. The standard InChI is InChI=1S/C13H17ClN2O3/c1-9-5-6-11(8-12(9)16(18)19)13(17)15-7-3-4-10(2)14/h5-6,8,10H,3-4,7H2,1-2H3,(H,15,17). The van der Waals surface area contributed by atoms with E-state index >= 15 is 0 Å². The second kappa shape index (κ2) is 7.09. The highest BCUT2D eigenvalue weighted by Crippen LogP contribution is 2.19. The third-order valence-electron chi connectivity index (χ3n) is 2.73. The second-order valence-corrected chi connectivity index (χ2v) is 5.18. The third kappa shape index (κ3) is 4.87. The Morgan fingerprint density at radius 3 is 2.79 bits per heavy atom. The first-order valence-corrected chi connectivity index (χ1v) is 6.52. The van der Waals surface area contributed by atoms with E-state index in [0.717, 1.165) is 12.8 Å². The molecule has 0 aromatic heterocycles. The number of nitrogens with one attached hydrogen (secondary N) is 1. The normalized spacial score (nSPS) is 11.9. The maximum Gasteiger partial charge on any atom is 0.273 e. The van der Waals surface area contributed by atoms with Crippen molar-refractivity contribution in [3.05, 3.63) is 39.4 Å². The molecule has 104 valence electrons. The number of alkyl halides is 1. The minimum absolute atomic E-state index is 0.0398. The molecule has 1 aromatic carbocycles. The number of amides is 1. The number of nitro groups is 1. The van der Waals surface area contributed by atoms with Gasteiger partial charge in [0.2, 0.25) is 0 Å². The molecule has 0 heterocycles. The van der Waals surface area contributed by atoms with Crippen molar-refractivity contribution in [1.82, 2.24) is 5.32 Å². The highest BCUT2D eigenvalue weighted by atomic mass is 35.5. The molecule has 5 nitrogen and oxygen atoms in total. The maximum atomic E-state index is 11.8. The molecule has 0 fully saturated rings. The molecular weight excluding hydrogens is 268 g/mol. The van der Waals surface area contributed by atoms with Gasteiger partial charge in [0, 0.05) is 29.1 Å². The van der Waals surface area contributed by atoms with Gasteiger partial charge in [-0.2, -0.15) is 0 Å². The molecule has 0 saturated carbocycles. The van der Waals surface area contributed by atoms with Crippen molar-refractivity contribution in [3.63, 3.8) is 0 Å². The van der Waals surface area contributed by atoms with Crippen LogP contribution in [0.15, 0.2) is 18.2 Å². The number of benzene rings is 1. The first kappa shape index (κ1) is 15.4. The molecule has 0 aliphatic rings. The highest BCUT2D eigenvalue weighted by Gasteiger charge is 2.14. The van der Waals surface area contributed by atoms with Gasteiger partial charge in [-0.25, -0.2) is 0 Å². The molecule has 0 spiro atoms. The summed E-state index contributed by atoms with van der Waals surface area (Å²) in [5, 5.41) is 13.6. The van der Waals surface area contributed by atoms with E-state index in [1.165, 1.54) is 6.07 Å². The van der Waals surface area contributed by atoms with E-state index in [1.807, 2.05) is 6.92 Å². The number of rotatable bonds is 6. The van der Waals surface area contributed by atoms with Crippen LogP contribution in [0, 0.1) is 17.0 Å².